The molecule has 1 aliphatic heterocycles. The maximum atomic E-state index is 12.3. The molecule has 0 amide bonds. The lowest BCUT2D eigenvalue weighted by Crippen LogP contribution is -2.41. The Morgan fingerprint density at radius 2 is 2.09 bits per heavy atom. The van der Waals surface area contributed by atoms with E-state index in [9.17, 15) is 9.59 Å². The standard InChI is InChI=1S/C17H22N2O3/c1-2-22-17(21)15-4-3-9-19(11-15)12-16(20)14-7-5-13(10-18)6-8-14/h5-8,10,15,18H,2-4,9,11-12H2,1H3. The van der Waals surface area contributed by atoms with Gasteiger partial charge in [0, 0.05) is 18.3 Å². The second-order valence-electron chi connectivity index (χ2n) is 5.52. The fraction of sp³-hybridized carbons (Fsp3) is 0.471. The number of likely N-dealkylation sites (tertiary alicyclic amines) is 1. The Morgan fingerprint density at radius 1 is 1.36 bits per heavy atom. The lowest BCUT2D eigenvalue weighted by atomic mass is 9.97. The first kappa shape index (κ1) is 16.4. The Morgan fingerprint density at radius 3 is 2.73 bits per heavy atom. The molecule has 118 valence electrons. The highest BCUT2D eigenvalue weighted by Crippen LogP contribution is 2.18. The number of ketones is 1. The first-order chi connectivity index (χ1) is 10.6. The van der Waals surface area contributed by atoms with Crippen LogP contribution >= 0.6 is 0 Å². The van der Waals surface area contributed by atoms with Crippen molar-refractivity contribution in [2.24, 2.45) is 5.92 Å². The van der Waals surface area contributed by atoms with Crippen LogP contribution in [-0.2, 0) is 9.53 Å². The van der Waals surface area contributed by atoms with Gasteiger partial charge < -0.3 is 10.1 Å². The Balaban J connectivity index is 1.92. The van der Waals surface area contributed by atoms with Gasteiger partial charge in [0.05, 0.1) is 19.1 Å². The fourth-order valence-corrected chi connectivity index (χ4v) is 2.71. The molecule has 1 atom stereocenters. The zero-order valence-corrected chi connectivity index (χ0v) is 12.9. The molecule has 1 N–H and O–H groups in total. The summed E-state index contributed by atoms with van der Waals surface area (Å²) in [5, 5.41) is 7.16. The van der Waals surface area contributed by atoms with Crippen molar-refractivity contribution in [1.82, 2.24) is 4.90 Å². The number of ether oxygens (including phenoxy) is 1. The predicted molar refractivity (Wildman–Crippen MR) is 84.5 cm³/mol. The first-order valence-electron chi connectivity index (χ1n) is 7.66. The maximum absolute atomic E-state index is 12.3. The van der Waals surface area contributed by atoms with Gasteiger partial charge in [-0.3, -0.25) is 14.5 Å². The number of piperidine rings is 1. The van der Waals surface area contributed by atoms with Crippen LogP contribution in [0.15, 0.2) is 24.3 Å². The largest absolute Gasteiger partial charge is 0.466 e. The van der Waals surface area contributed by atoms with E-state index in [-0.39, 0.29) is 17.7 Å². The lowest BCUT2D eigenvalue weighted by molar-refractivity contribution is -0.149. The molecule has 22 heavy (non-hydrogen) atoms. The van der Waals surface area contributed by atoms with Crippen LogP contribution in [0.3, 0.4) is 0 Å². The minimum atomic E-state index is -0.157. The summed E-state index contributed by atoms with van der Waals surface area (Å²) >= 11 is 0. The minimum absolute atomic E-state index is 0.0426. The zero-order valence-electron chi connectivity index (χ0n) is 12.9. The van der Waals surface area contributed by atoms with Gasteiger partial charge in [0.2, 0.25) is 0 Å². The molecule has 5 nitrogen and oxygen atoms in total. The van der Waals surface area contributed by atoms with Crippen molar-refractivity contribution in [1.29, 1.82) is 5.41 Å². The molecule has 0 spiro atoms. The molecule has 1 aromatic rings. The van der Waals surface area contributed by atoms with Crippen molar-refractivity contribution in [3.05, 3.63) is 35.4 Å². The van der Waals surface area contributed by atoms with Crippen molar-refractivity contribution in [3.8, 4) is 0 Å². The summed E-state index contributed by atoms with van der Waals surface area (Å²) in [5.74, 6) is -0.238. The summed E-state index contributed by atoms with van der Waals surface area (Å²) in [4.78, 5) is 26.1. The number of carbonyl (C=O) groups excluding carboxylic acids is 2. The van der Waals surface area contributed by atoms with Gasteiger partial charge in [-0.2, -0.15) is 0 Å². The molecular weight excluding hydrogens is 280 g/mol. The smallest absolute Gasteiger partial charge is 0.310 e. The van der Waals surface area contributed by atoms with Crippen LogP contribution in [0.1, 0.15) is 35.7 Å². The Bertz CT molecular complexity index is 539. The zero-order chi connectivity index (χ0) is 15.9. The van der Waals surface area contributed by atoms with E-state index in [1.54, 1.807) is 31.2 Å². The van der Waals surface area contributed by atoms with E-state index in [0.717, 1.165) is 24.9 Å². The number of hydrogen-bond acceptors (Lipinski definition) is 5. The molecule has 1 saturated heterocycles. The van der Waals surface area contributed by atoms with Gasteiger partial charge in [-0.25, -0.2) is 0 Å². The van der Waals surface area contributed by atoms with E-state index in [0.29, 0.717) is 25.3 Å². The van der Waals surface area contributed by atoms with E-state index < -0.39 is 0 Å². The average Bonchev–Trinajstić information content (AvgIpc) is 2.55. The Labute approximate surface area is 130 Å². The number of benzene rings is 1. The molecule has 1 heterocycles. The second-order valence-corrected chi connectivity index (χ2v) is 5.52. The van der Waals surface area contributed by atoms with Crippen LogP contribution in [0, 0.1) is 11.3 Å². The van der Waals surface area contributed by atoms with E-state index in [2.05, 4.69) is 0 Å². The van der Waals surface area contributed by atoms with Crippen molar-refractivity contribution in [3.63, 3.8) is 0 Å². The summed E-state index contributed by atoms with van der Waals surface area (Å²) in [6.07, 6.45) is 2.99. The quantitative estimate of drug-likeness (QED) is 0.496. The lowest BCUT2D eigenvalue weighted by Gasteiger charge is -2.30. The number of nitrogens with zero attached hydrogens (tertiary/aromatic N) is 1. The normalized spacial score (nSPS) is 18.7. The third kappa shape index (κ3) is 4.24. The summed E-state index contributed by atoms with van der Waals surface area (Å²) in [6.45, 7) is 3.94. The molecule has 0 aromatic heterocycles. The van der Waals surface area contributed by atoms with Crippen molar-refractivity contribution >= 4 is 18.0 Å². The van der Waals surface area contributed by atoms with Crippen LogP contribution in [0.4, 0.5) is 0 Å². The number of esters is 1. The highest BCUT2D eigenvalue weighted by Gasteiger charge is 2.27. The number of hydrogen-bond donors (Lipinski definition) is 1. The van der Waals surface area contributed by atoms with Crippen molar-refractivity contribution in [2.75, 3.05) is 26.2 Å². The SMILES string of the molecule is CCOC(=O)C1CCCN(CC(=O)c2ccc(C=N)cc2)C1. The van der Waals surface area contributed by atoms with E-state index in [4.69, 9.17) is 10.1 Å². The Hall–Kier alpha value is -2.01. The topological polar surface area (TPSA) is 70.5 Å². The molecule has 1 unspecified atom stereocenters. The third-order valence-corrected chi connectivity index (χ3v) is 3.89. The highest BCUT2D eigenvalue weighted by molar-refractivity contribution is 5.98. The molecule has 0 saturated carbocycles. The predicted octanol–water partition coefficient (Wildman–Crippen LogP) is 2.14. The van der Waals surface area contributed by atoms with Gasteiger partial charge in [-0.1, -0.05) is 24.3 Å². The summed E-state index contributed by atoms with van der Waals surface area (Å²) in [7, 11) is 0. The molecule has 1 fully saturated rings. The molecule has 2 rings (SSSR count). The van der Waals surface area contributed by atoms with E-state index in [1.165, 1.54) is 6.21 Å². The first-order valence-corrected chi connectivity index (χ1v) is 7.66. The van der Waals surface area contributed by atoms with Gasteiger partial charge in [-0.15, -0.1) is 0 Å². The molecule has 0 aliphatic carbocycles. The monoisotopic (exact) mass is 302 g/mol. The van der Waals surface area contributed by atoms with E-state index in [1.807, 2.05) is 4.90 Å². The molecule has 1 aliphatic rings. The number of Topliss-reactive ketones (excluding diaryl/α,β-unsaturated/α-hetero) is 1. The number of nitrogens with one attached hydrogen (secondary N) is 1. The maximum Gasteiger partial charge on any atom is 0.310 e. The number of carbonyl (C=O) groups is 2. The van der Waals surface area contributed by atoms with Gasteiger partial charge in [0.15, 0.2) is 5.78 Å². The van der Waals surface area contributed by atoms with Crippen LogP contribution < -0.4 is 0 Å². The number of rotatable bonds is 6. The van der Waals surface area contributed by atoms with Gasteiger partial charge in [-0.05, 0) is 31.9 Å². The third-order valence-electron chi connectivity index (χ3n) is 3.89. The van der Waals surface area contributed by atoms with Crippen LogP contribution in [0.2, 0.25) is 0 Å². The molecule has 0 bridgehead atoms. The van der Waals surface area contributed by atoms with Gasteiger partial charge in [0.1, 0.15) is 0 Å². The molecule has 0 radical (unpaired) electrons. The second kappa shape index (κ2) is 7.84. The summed E-state index contributed by atoms with van der Waals surface area (Å²) < 4.78 is 5.07. The highest BCUT2D eigenvalue weighted by atomic mass is 16.5. The molecule has 1 aromatic carbocycles. The average molecular weight is 302 g/mol. The van der Waals surface area contributed by atoms with Crippen LogP contribution in [0.25, 0.3) is 0 Å². The van der Waals surface area contributed by atoms with Crippen LogP contribution in [0.5, 0.6) is 0 Å². The van der Waals surface area contributed by atoms with Crippen molar-refractivity contribution < 1.29 is 14.3 Å². The van der Waals surface area contributed by atoms with Gasteiger partial charge >= 0.3 is 5.97 Å². The van der Waals surface area contributed by atoms with E-state index >= 15 is 0 Å². The minimum Gasteiger partial charge on any atom is -0.466 e. The summed E-state index contributed by atoms with van der Waals surface area (Å²) in [6, 6.07) is 7.01. The van der Waals surface area contributed by atoms with Crippen LogP contribution in [-0.4, -0.2) is 49.1 Å². The van der Waals surface area contributed by atoms with Gasteiger partial charge in [0.25, 0.3) is 0 Å². The Kier molecular flexibility index (Phi) is 5.83. The van der Waals surface area contributed by atoms with Crippen molar-refractivity contribution in [2.45, 2.75) is 19.8 Å². The molecule has 5 heteroatoms. The fourth-order valence-electron chi connectivity index (χ4n) is 2.71. The molecular formula is C17H22N2O3. The summed E-state index contributed by atoms with van der Waals surface area (Å²) in [5.41, 5.74) is 1.42.